The minimum absolute atomic E-state index is 0.125. The Labute approximate surface area is 248 Å². The van der Waals surface area contributed by atoms with E-state index < -0.39 is 17.9 Å². The normalized spacial score (nSPS) is 26.3. The van der Waals surface area contributed by atoms with Crippen LogP contribution in [0.5, 0.6) is 0 Å². The van der Waals surface area contributed by atoms with E-state index in [0.717, 1.165) is 57.8 Å². The Morgan fingerprint density at radius 2 is 0.643 bits per heavy atom. The molecule has 3 aromatic carbocycles. The van der Waals surface area contributed by atoms with Gasteiger partial charge in [-0.3, -0.25) is 14.4 Å². The van der Waals surface area contributed by atoms with Crippen LogP contribution in [0.2, 0.25) is 0 Å². The minimum Gasteiger partial charge on any atom is -0.481 e. The summed E-state index contributed by atoms with van der Waals surface area (Å²) in [5.41, 5.74) is 3.86. The topological polar surface area (TPSA) is 112 Å². The van der Waals surface area contributed by atoms with Gasteiger partial charge in [0.05, 0.1) is 17.8 Å². The number of carboxylic acid groups (broad SMARTS) is 3. The van der Waals surface area contributed by atoms with Gasteiger partial charge in [-0.05, 0) is 92.2 Å². The van der Waals surface area contributed by atoms with E-state index in [1.54, 1.807) is 0 Å². The first kappa shape index (κ1) is 31.0. The predicted molar refractivity (Wildman–Crippen MR) is 162 cm³/mol. The number of aliphatic carboxylic acids is 3. The number of carboxylic acids is 3. The van der Waals surface area contributed by atoms with Crippen LogP contribution in [0.1, 0.15) is 92.2 Å². The molecule has 0 saturated heterocycles. The van der Waals surface area contributed by atoms with Gasteiger partial charge in [-0.1, -0.05) is 91.0 Å². The van der Waals surface area contributed by atoms with Gasteiger partial charge in [0.15, 0.2) is 0 Å². The fraction of sp³-hybridized carbons (Fsp3) is 0.417. The standard InChI is InChI=1S/3C12H14O2/c3*13-12(14)11-7-6-10(8-11)9-4-2-1-3-5-9/h3*1-5,10-11H,6-8H2,(H,13,14)/t3*10-,11+/m111/s1. The van der Waals surface area contributed by atoms with Crippen molar-refractivity contribution in [3.8, 4) is 0 Å². The molecule has 0 amide bonds. The Morgan fingerprint density at radius 3 is 0.833 bits per heavy atom. The molecule has 3 aliphatic rings. The number of rotatable bonds is 6. The zero-order valence-corrected chi connectivity index (χ0v) is 24.1. The van der Waals surface area contributed by atoms with Crippen LogP contribution in [0.25, 0.3) is 0 Å². The summed E-state index contributed by atoms with van der Waals surface area (Å²) in [5, 5.41) is 26.6. The number of carbonyl (C=O) groups is 3. The molecule has 0 radical (unpaired) electrons. The van der Waals surface area contributed by atoms with Crippen LogP contribution in [0.4, 0.5) is 0 Å². The van der Waals surface area contributed by atoms with Crippen molar-refractivity contribution in [2.24, 2.45) is 17.8 Å². The van der Waals surface area contributed by atoms with E-state index in [1.807, 2.05) is 54.6 Å². The third-order valence-electron chi connectivity index (χ3n) is 9.16. The second-order valence-corrected chi connectivity index (χ2v) is 11.9. The molecule has 42 heavy (non-hydrogen) atoms. The minimum atomic E-state index is -0.636. The van der Waals surface area contributed by atoms with Crippen LogP contribution >= 0.6 is 0 Å². The van der Waals surface area contributed by atoms with Gasteiger partial charge in [0.25, 0.3) is 0 Å². The van der Waals surface area contributed by atoms with Gasteiger partial charge in [0, 0.05) is 0 Å². The number of benzene rings is 3. The van der Waals surface area contributed by atoms with Gasteiger partial charge in [0.2, 0.25) is 0 Å². The van der Waals surface area contributed by atoms with Crippen molar-refractivity contribution in [2.45, 2.75) is 75.5 Å². The maximum atomic E-state index is 10.8. The van der Waals surface area contributed by atoms with Gasteiger partial charge in [-0.15, -0.1) is 0 Å². The highest BCUT2D eigenvalue weighted by molar-refractivity contribution is 5.71. The summed E-state index contributed by atoms with van der Waals surface area (Å²) in [6, 6.07) is 30.6. The lowest BCUT2D eigenvalue weighted by Gasteiger charge is -2.08. The van der Waals surface area contributed by atoms with Crippen molar-refractivity contribution >= 4 is 17.9 Å². The quantitative estimate of drug-likeness (QED) is 0.277. The SMILES string of the molecule is O=C(O)[C@H]1CC[C@@H](c2ccccc2)C1.O=C(O)[C@H]1CC[C@@H](c2ccccc2)C1.O=C(O)[C@H]1CC[C@@H](c2ccccc2)C1. The molecular formula is C36H42O6. The monoisotopic (exact) mass is 570 g/mol. The molecule has 3 aliphatic carbocycles. The highest BCUT2D eigenvalue weighted by atomic mass is 16.4. The third-order valence-corrected chi connectivity index (χ3v) is 9.16. The molecule has 0 aromatic heterocycles. The van der Waals surface area contributed by atoms with Crippen molar-refractivity contribution in [1.82, 2.24) is 0 Å². The molecule has 0 unspecified atom stereocenters. The predicted octanol–water partition coefficient (Wildman–Crippen LogP) is 7.96. The lowest BCUT2D eigenvalue weighted by atomic mass is 9.96. The summed E-state index contributed by atoms with van der Waals surface area (Å²) >= 11 is 0. The molecule has 3 N–H and O–H groups in total. The van der Waals surface area contributed by atoms with Gasteiger partial charge >= 0.3 is 17.9 Å². The van der Waals surface area contributed by atoms with E-state index in [4.69, 9.17) is 15.3 Å². The molecule has 0 aliphatic heterocycles. The largest absolute Gasteiger partial charge is 0.481 e. The van der Waals surface area contributed by atoms with Crippen LogP contribution in [0.3, 0.4) is 0 Å². The molecule has 3 fully saturated rings. The van der Waals surface area contributed by atoms with E-state index >= 15 is 0 Å². The molecule has 6 rings (SSSR count). The molecule has 222 valence electrons. The lowest BCUT2D eigenvalue weighted by Crippen LogP contribution is -2.09. The highest BCUT2D eigenvalue weighted by Crippen LogP contribution is 2.39. The molecule has 6 heteroatoms. The molecule has 6 atom stereocenters. The van der Waals surface area contributed by atoms with Crippen LogP contribution in [-0.4, -0.2) is 33.2 Å². The van der Waals surface area contributed by atoms with E-state index in [2.05, 4.69) is 36.4 Å². The Bertz CT molecular complexity index is 1120. The maximum absolute atomic E-state index is 10.8. The first-order valence-corrected chi connectivity index (χ1v) is 15.1. The average Bonchev–Trinajstić information content (AvgIpc) is 3.81. The first-order valence-electron chi connectivity index (χ1n) is 15.1. The van der Waals surface area contributed by atoms with Gasteiger partial charge < -0.3 is 15.3 Å². The average molecular weight is 571 g/mol. The molecule has 0 spiro atoms. The van der Waals surface area contributed by atoms with Crippen LogP contribution in [0, 0.1) is 17.8 Å². The van der Waals surface area contributed by atoms with Crippen LogP contribution in [0.15, 0.2) is 91.0 Å². The first-order chi connectivity index (χ1) is 20.3. The van der Waals surface area contributed by atoms with Crippen LogP contribution in [-0.2, 0) is 14.4 Å². The number of hydrogen-bond acceptors (Lipinski definition) is 3. The molecule has 6 nitrogen and oxygen atoms in total. The molecule has 0 heterocycles. The van der Waals surface area contributed by atoms with Crippen molar-refractivity contribution in [3.63, 3.8) is 0 Å². The summed E-state index contributed by atoms with van der Waals surface area (Å²) in [4.78, 5) is 32.3. The fourth-order valence-corrected chi connectivity index (χ4v) is 6.70. The van der Waals surface area contributed by atoms with Gasteiger partial charge in [0.1, 0.15) is 0 Å². The molecule has 3 aromatic rings. The smallest absolute Gasteiger partial charge is 0.306 e. The summed E-state index contributed by atoms with van der Waals surface area (Å²) in [5.74, 6) is -0.914. The Balaban J connectivity index is 0.000000145. The van der Waals surface area contributed by atoms with Crippen molar-refractivity contribution < 1.29 is 29.7 Å². The van der Waals surface area contributed by atoms with Gasteiger partial charge in [-0.2, -0.15) is 0 Å². The molecular weight excluding hydrogens is 528 g/mol. The second kappa shape index (κ2) is 15.3. The highest BCUT2D eigenvalue weighted by Gasteiger charge is 2.32. The Kier molecular flexibility index (Phi) is 11.3. The van der Waals surface area contributed by atoms with Crippen molar-refractivity contribution in [1.29, 1.82) is 0 Å². The number of hydrogen-bond donors (Lipinski definition) is 3. The summed E-state index contributed by atoms with van der Waals surface area (Å²) in [7, 11) is 0. The second-order valence-electron chi connectivity index (χ2n) is 11.9. The molecule has 0 bridgehead atoms. The lowest BCUT2D eigenvalue weighted by molar-refractivity contribution is -0.142. The van der Waals surface area contributed by atoms with Crippen molar-refractivity contribution in [3.05, 3.63) is 108 Å². The van der Waals surface area contributed by atoms with E-state index in [-0.39, 0.29) is 17.8 Å². The summed E-state index contributed by atoms with van der Waals surface area (Å²) < 4.78 is 0. The van der Waals surface area contributed by atoms with Crippen molar-refractivity contribution in [2.75, 3.05) is 0 Å². The summed E-state index contributed by atoms with van der Waals surface area (Å²) in [6.07, 6.45) is 7.94. The Hall–Kier alpha value is -3.93. The molecule has 3 saturated carbocycles. The zero-order chi connectivity index (χ0) is 29.9. The van der Waals surface area contributed by atoms with E-state index in [1.165, 1.54) is 16.7 Å². The van der Waals surface area contributed by atoms with Gasteiger partial charge in [-0.25, -0.2) is 0 Å². The van der Waals surface area contributed by atoms with E-state index in [0.29, 0.717) is 17.8 Å². The summed E-state index contributed by atoms with van der Waals surface area (Å²) in [6.45, 7) is 0. The Morgan fingerprint density at radius 1 is 0.405 bits per heavy atom. The van der Waals surface area contributed by atoms with Crippen LogP contribution < -0.4 is 0 Å². The zero-order valence-electron chi connectivity index (χ0n) is 24.1. The third kappa shape index (κ3) is 8.78. The maximum Gasteiger partial charge on any atom is 0.306 e. The fourth-order valence-electron chi connectivity index (χ4n) is 6.70. The van der Waals surface area contributed by atoms with E-state index in [9.17, 15) is 14.4 Å².